The fraction of sp³-hybridized carbons (Fsp3) is 0.538. The minimum Gasteiger partial charge on any atom is -0.485 e. The lowest BCUT2D eigenvalue weighted by Crippen LogP contribution is -2.53. The minimum atomic E-state index is -2.25. The van der Waals surface area contributed by atoms with Gasteiger partial charge in [-0.05, 0) is 6.92 Å². The Kier molecular flexibility index (Phi) is 5.52. The van der Waals surface area contributed by atoms with E-state index in [9.17, 15) is 27.1 Å². The molecule has 1 rings (SSSR count). The van der Waals surface area contributed by atoms with Crippen LogP contribution < -0.4 is 10.1 Å². The third-order valence-corrected chi connectivity index (χ3v) is 2.69. The molecular weight excluding hydrogens is 297 g/mol. The number of aliphatic hydroxyl groups excluding tert-OH is 1. The topological polar surface area (TPSA) is 41.5 Å². The Bertz CT molecular complexity index is 495. The van der Waals surface area contributed by atoms with Gasteiger partial charge in [0.2, 0.25) is 29.1 Å². The summed E-state index contributed by atoms with van der Waals surface area (Å²) in [5, 5.41) is 12.1. The Hall–Kier alpha value is -1.41. The van der Waals surface area contributed by atoms with Crippen molar-refractivity contribution < 1.29 is 31.8 Å². The second kappa shape index (κ2) is 6.57. The number of halogens is 5. The first-order valence-corrected chi connectivity index (χ1v) is 6.15. The summed E-state index contributed by atoms with van der Waals surface area (Å²) in [4.78, 5) is 0. The molecule has 1 aromatic rings. The molecule has 120 valence electrons. The van der Waals surface area contributed by atoms with Crippen molar-refractivity contribution in [2.24, 2.45) is 0 Å². The molecule has 21 heavy (non-hydrogen) atoms. The number of nitrogens with one attached hydrogen (secondary N) is 1. The van der Waals surface area contributed by atoms with Crippen LogP contribution >= 0.6 is 0 Å². The van der Waals surface area contributed by atoms with Crippen molar-refractivity contribution in [3.05, 3.63) is 29.1 Å². The number of benzene rings is 1. The zero-order valence-electron chi connectivity index (χ0n) is 11.7. The van der Waals surface area contributed by atoms with Crippen molar-refractivity contribution in [3.63, 3.8) is 0 Å². The van der Waals surface area contributed by atoms with E-state index < -0.39 is 53.6 Å². The van der Waals surface area contributed by atoms with E-state index in [4.69, 9.17) is 4.74 Å². The smallest absolute Gasteiger partial charge is 0.206 e. The molecule has 0 saturated heterocycles. The molecule has 2 N–H and O–H groups in total. The molecule has 1 aromatic carbocycles. The van der Waals surface area contributed by atoms with Gasteiger partial charge in [0.1, 0.15) is 6.61 Å². The quantitative estimate of drug-likeness (QED) is 0.482. The largest absolute Gasteiger partial charge is 0.485 e. The summed E-state index contributed by atoms with van der Waals surface area (Å²) in [7, 11) is 0. The molecule has 0 aromatic heterocycles. The van der Waals surface area contributed by atoms with Gasteiger partial charge < -0.3 is 15.2 Å². The lowest BCUT2D eigenvalue weighted by molar-refractivity contribution is 0.102. The first kappa shape index (κ1) is 17.6. The van der Waals surface area contributed by atoms with Crippen molar-refractivity contribution in [2.75, 3.05) is 13.2 Å². The zero-order valence-corrected chi connectivity index (χ0v) is 11.7. The average Bonchev–Trinajstić information content (AvgIpc) is 2.42. The Labute approximate surface area is 118 Å². The Morgan fingerprint density at radius 1 is 1.00 bits per heavy atom. The van der Waals surface area contributed by atoms with E-state index in [1.54, 1.807) is 13.8 Å². The molecule has 0 aliphatic carbocycles. The van der Waals surface area contributed by atoms with Gasteiger partial charge in [0.25, 0.3) is 0 Å². The third kappa shape index (κ3) is 3.82. The first-order valence-electron chi connectivity index (χ1n) is 6.15. The lowest BCUT2D eigenvalue weighted by Gasteiger charge is -2.31. The van der Waals surface area contributed by atoms with Crippen LogP contribution in [0.3, 0.4) is 0 Å². The number of ether oxygens (including phenoxy) is 1. The maximum absolute atomic E-state index is 13.4. The van der Waals surface area contributed by atoms with Crippen molar-refractivity contribution >= 4 is 0 Å². The maximum Gasteiger partial charge on any atom is 0.206 e. The summed E-state index contributed by atoms with van der Waals surface area (Å²) in [5.74, 6) is -11.9. The van der Waals surface area contributed by atoms with E-state index in [0.717, 1.165) is 0 Å². The van der Waals surface area contributed by atoms with Gasteiger partial charge in [-0.25, -0.2) is 13.2 Å². The molecule has 1 unspecified atom stereocenters. The molecule has 1 atom stereocenters. The van der Waals surface area contributed by atoms with E-state index in [1.807, 2.05) is 0 Å². The zero-order chi connectivity index (χ0) is 16.4. The average molecular weight is 313 g/mol. The van der Waals surface area contributed by atoms with Crippen LogP contribution in [0.25, 0.3) is 0 Å². The summed E-state index contributed by atoms with van der Waals surface area (Å²) in [6.45, 7) is 4.05. The molecule has 0 radical (unpaired) electrons. The van der Waals surface area contributed by atoms with Crippen LogP contribution in [0.15, 0.2) is 0 Å². The Morgan fingerprint density at radius 3 is 1.81 bits per heavy atom. The molecular formula is C13H16F5NO2. The van der Waals surface area contributed by atoms with Crippen molar-refractivity contribution in [3.8, 4) is 5.75 Å². The van der Waals surface area contributed by atoms with Crippen LogP contribution in [0.1, 0.15) is 20.8 Å². The molecule has 0 saturated carbocycles. The fourth-order valence-corrected chi connectivity index (χ4v) is 1.77. The third-order valence-electron chi connectivity index (χ3n) is 2.69. The first-order chi connectivity index (χ1) is 9.63. The molecule has 3 nitrogen and oxygen atoms in total. The summed E-state index contributed by atoms with van der Waals surface area (Å²) in [6.07, 6.45) is 0. The van der Waals surface area contributed by atoms with E-state index in [0.29, 0.717) is 0 Å². The predicted octanol–water partition coefficient (Wildman–Crippen LogP) is 2.51. The summed E-state index contributed by atoms with van der Waals surface area (Å²) < 4.78 is 70.4. The van der Waals surface area contributed by atoms with Gasteiger partial charge in [0, 0.05) is 6.04 Å². The van der Waals surface area contributed by atoms with Gasteiger partial charge in [0.05, 0.1) is 12.1 Å². The predicted molar refractivity (Wildman–Crippen MR) is 65.5 cm³/mol. The molecule has 0 aliphatic rings. The van der Waals surface area contributed by atoms with Crippen LogP contribution in [-0.2, 0) is 0 Å². The number of rotatable bonds is 6. The lowest BCUT2D eigenvalue weighted by atomic mass is 10.0. The monoisotopic (exact) mass is 313 g/mol. The van der Waals surface area contributed by atoms with Crippen molar-refractivity contribution in [1.29, 1.82) is 0 Å². The Balaban J connectivity index is 3.04. The minimum absolute atomic E-state index is 0.0952. The van der Waals surface area contributed by atoms with Gasteiger partial charge in [0.15, 0.2) is 5.75 Å². The van der Waals surface area contributed by atoms with Crippen LogP contribution in [0.5, 0.6) is 5.75 Å². The summed E-state index contributed by atoms with van der Waals surface area (Å²) in [5.41, 5.74) is -1.10. The van der Waals surface area contributed by atoms with Gasteiger partial charge >= 0.3 is 0 Å². The van der Waals surface area contributed by atoms with Gasteiger partial charge in [-0.15, -0.1) is 0 Å². The molecule has 0 spiro atoms. The summed E-state index contributed by atoms with van der Waals surface area (Å²) in [6, 6.07) is -0.0952. The molecule has 0 amide bonds. The molecule has 0 heterocycles. The molecule has 8 heteroatoms. The van der Waals surface area contributed by atoms with E-state index in [-0.39, 0.29) is 6.04 Å². The molecule has 0 aliphatic heterocycles. The van der Waals surface area contributed by atoms with Crippen LogP contribution in [0.2, 0.25) is 0 Å². The highest BCUT2D eigenvalue weighted by Gasteiger charge is 2.30. The number of hydrogen-bond acceptors (Lipinski definition) is 3. The van der Waals surface area contributed by atoms with Gasteiger partial charge in [-0.1, -0.05) is 13.8 Å². The van der Waals surface area contributed by atoms with Crippen molar-refractivity contribution in [1.82, 2.24) is 5.32 Å². The second-order valence-electron chi connectivity index (χ2n) is 5.21. The maximum atomic E-state index is 13.4. The highest BCUT2D eigenvalue weighted by atomic mass is 19.2. The van der Waals surface area contributed by atoms with E-state index in [2.05, 4.69) is 5.32 Å². The highest BCUT2D eigenvalue weighted by Crippen LogP contribution is 2.29. The van der Waals surface area contributed by atoms with Gasteiger partial charge in [-0.3, -0.25) is 0 Å². The standard InChI is InChI=1S/C13H16F5NO2/c1-6(2)19-13(3,4-20)5-21-12-10(17)8(15)7(14)9(16)11(12)18/h6,19-20H,4-5H2,1-3H3. The molecule has 0 bridgehead atoms. The Morgan fingerprint density at radius 2 is 1.43 bits per heavy atom. The van der Waals surface area contributed by atoms with Gasteiger partial charge in [-0.2, -0.15) is 8.78 Å². The van der Waals surface area contributed by atoms with E-state index >= 15 is 0 Å². The molecule has 0 fully saturated rings. The van der Waals surface area contributed by atoms with Crippen LogP contribution in [0, 0.1) is 29.1 Å². The van der Waals surface area contributed by atoms with E-state index in [1.165, 1.54) is 6.92 Å². The second-order valence-corrected chi connectivity index (χ2v) is 5.21. The normalized spacial score (nSPS) is 14.4. The van der Waals surface area contributed by atoms with Crippen LogP contribution in [0.4, 0.5) is 22.0 Å². The van der Waals surface area contributed by atoms with Crippen molar-refractivity contribution in [2.45, 2.75) is 32.4 Å². The summed E-state index contributed by atoms with van der Waals surface area (Å²) >= 11 is 0. The van der Waals surface area contributed by atoms with Crippen LogP contribution in [-0.4, -0.2) is 29.9 Å². The number of aliphatic hydroxyl groups is 1. The SMILES string of the molecule is CC(C)NC(C)(CO)COc1c(F)c(F)c(F)c(F)c1F. The highest BCUT2D eigenvalue weighted by molar-refractivity contribution is 5.29. The fourth-order valence-electron chi connectivity index (χ4n) is 1.77. The number of hydrogen-bond donors (Lipinski definition) is 2.